The third kappa shape index (κ3) is 3.38. The standard InChI is InChI=1S/C12H19NO3/c1-8(2)10(14)4-6-13-12(15)11-9(3)5-7-16-11/h5,7-8,10,14H,4,6H2,1-3H3,(H,13,15). The summed E-state index contributed by atoms with van der Waals surface area (Å²) in [7, 11) is 0. The molecule has 2 N–H and O–H groups in total. The first-order valence-corrected chi connectivity index (χ1v) is 5.52. The third-order valence-corrected chi connectivity index (χ3v) is 2.56. The van der Waals surface area contributed by atoms with Crippen molar-refractivity contribution in [1.82, 2.24) is 5.32 Å². The van der Waals surface area contributed by atoms with Crippen LogP contribution in [0.2, 0.25) is 0 Å². The van der Waals surface area contributed by atoms with Crippen molar-refractivity contribution in [1.29, 1.82) is 0 Å². The Morgan fingerprint density at radius 2 is 2.25 bits per heavy atom. The van der Waals surface area contributed by atoms with Crippen LogP contribution in [0, 0.1) is 12.8 Å². The minimum atomic E-state index is -0.377. The zero-order valence-electron chi connectivity index (χ0n) is 9.99. The lowest BCUT2D eigenvalue weighted by molar-refractivity contribution is 0.0894. The minimum absolute atomic E-state index is 0.210. The van der Waals surface area contributed by atoms with Gasteiger partial charge >= 0.3 is 0 Å². The fraction of sp³-hybridized carbons (Fsp3) is 0.583. The van der Waals surface area contributed by atoms with Gasteiger partial charge in [-0.3, -0.25) is 4.79 Å². The average Bonchev–Trinajstić information content (AvgIpc) is 2.64. The van der Waals surface area contributed by atoms with Gasteiger partial charge in [-0.2, -0.15) is 0 Å². The van der Waals surface area contributed by atoms with Crippen LogP contribution in [0.5, 0.6) is 0 Å². The van der Waals surface area contributed by atoms with E-state index in [9.17, 15) is 9.90 Å². The molecule has 0 fully saturated rings. The minimum Gasteiger partial charge on any atom is -0.459 e. The molecule has 0 aliphatic rings. The molecule has 1 aromatic rings. The number of furan rings is 1. The first-order chi connectivity index (χ1) is 7.52. The lowest BCUT2D eigenvalue weighted by Crippen LogP contribution is -2.28. The number of aryl methyl sites for hydroxylation is 1. The Morgan fingerprint density at radius 1 is 1.56 bits per heavy atom. The van der Waals surface area contributed by atoms with E-state index in [1.807, 2.05) is 20.8 Å². The largest absolute Gasteiger partial charge is 0.459 e. The lowest BCUT2D eigenvalue weighted by Gasteiger charge is -2.14. The molecule has 0 aliphatic heterocycles. The van der Waals surface area contributed by atoms with E-state index in [-0.39, 0.29) is 17.9 Å². The van der Waals surface area contributed by atoms with Crippen LogP contribution in [0.15, 0.2) is 16.7 Å². The number of aliphatic hydroxyl groups is 1. The second-order valence-corrected chi connectivity index (χ2v) is 4.29. The van der Waals surface area contributed by atoms with Crippen LogP contribution < -0.4 is 5.32 Å². The van der Waals surface area contributed by atoms with Crippen LogP contribution in [-0.4, -0.2) is 23.7 Å². The third-order valence-electron chi connectivity index (χ3n) is 2.56. The number of amides is 1. The number of aliphatic hydroxyl groups excluding tert-OH is 1. The molecule has 16 heavy (non-hydrogen) atoms. The summed E-state index contributed by atoms with van der Waals surface area (Å²) in [4.78, 5) is 11.6. The predicted octanol–water partition coefficient (Wildman–Crippen LogP) is 1.72. The van der Waals surface area contributed by atoms with Gasteiger partial charge in [0.2, 0.25) is 0 Å². The summed E-state index contributed by atoms with van der Waals surface area (Å²) in [5, 5.41) is 12.3. The highest BCUT2D eigenvalue weighted by molar-refractivity contribution is 5.92. The molecule has 0 aliphatic carbocycles. The quantitative estimate of drug-likeness (QED) is 0.802. The highest BCUT2D eigenvalue weighted by atomic mass is 16.3. The summed E-state index contributed by atoms with van der Waals surface area (Å²) in [6.07, 6.45) is 1.68. The van der Waals surface area contributed by atoms with Gasteiger partial charge in [-0.25, -0.2) is 0 Å². The van der Waals surface area contributed by atoms with E-state index in [2.05, 4.69) is 5.32 Å². The van der Waals surface area contributed by atoms with Gasteiger partial charge < -0.3 is 14.8 Å². The molecule has 1 atom stereocenters. The van der Waals surface area contributed by atoms with Gasteiger partial charge in [0.1, 0.15) is 0 Å². The van der Waals surface area contributed by atoms with E-state index in [0.29, 0.717) is 18.7 Å². The number of hydrogen-bond donors (Lipinski definition) is 2. The first kappa shape index (κ1) is 12.8. The fourth-order valence-corrected chi connectivity index (χ4v) is 1.35. The molecule has 1 amide bonds. The molecule has 1 rings (SSSR count). The summed E-state index contributed by atoms with van der Waals surface area (Å²) >= 11 is 0. The maximum absolute atomic E-state index is 11.6. The number of rotatable bonds is 5. The fourth-order valence-electron chi connectivity index (χ4n) is 1.35. The topological polar surface area (TPSA) is 62.5 Å². The van der Waals surface area contributed by atoms with E-state index in [0.717, 1.165) is 5.56 Å². The van der Waals surface area contributed by atoms with Crippen LogP contribution in [0.1, 0.15) is 36.4 Å². The Labute approximate surface area is 95.7 Å². The Morgan fingerprint density at radius 3 is 2.75 bits per heavy atom. The smallest absolute Gasteiger partial charge is 0.287 e. The summed E-state index contributed by atoms with van der Waals surface area (Å²) in [6, 6.07) is 1.75. The molecule has 90 valence electrons. The van der Waals surface area contributed by atoms with Gasteiger partial charge in [0.25, 0.3) is 5.91 Å². The van der Waals surface area contributed by atoms with E-state index in [4.69, 9.17) is 4.42 Å². The normalized spacial score (nSPS) is 12.8. The van der Waals surface area contributed by atoms with E-state index in [1.54, 1.807) is 6.07 Å². The Hall–Kier alpha value is -1.29. The van der Waals surface area contributed by atoms with Gasteiger partial charge in [-0.05, 0) is 25.3 Å². The van der Waals surface area contributed by atoms with Gasteiger partial charge in [-0.1, -0.05) is 13.8 Å². The highest BCUT2D eigenvalue weighted by Gasteiger charge is 2.13. The number of nitrogens with one attached hydrogen (secondary N) is 1. The Bertz CT molecular complexity index is 344. The number of hydrogen-bond acceptors (Lipinski definition) is 3. The van der Waals surface area contributed by atoms with Crippen LogP contribution in [0.4, 0.5) is 0 Å². The maximum Gasteiger partial charge on any atom is 0.287 e. The molecule has 0 bridgehead atoms. The number of carbonyl (C=O) groups is 1. The number of carbonyl (C=O) groups excluding carboxylic acids is 1. The van der Waals surface area contributed by atoms with Crippen LogP contribution in [0.3, 0.4) is 0 Å². The van der Waals surface area contributed by atoms with Crippen molar-refractivity contribution in [3.8, 4) is 0 Å². The molecule has 0 aromatic carbocycles. The van der Waals surface area contributed by atoms with Crippen molar-refractivity contribution in [2.24, 2.45) is 5.92 Å². The van der Waals surface area contributed by atoms with Crippen molar-refractivity contribution in [2.45, 2.75) is 33.3 Å². The molecule has 0 saturated heterocycles. The maximum atomic E-state index is 11.6. The molecule has 0 saturated carbocycles. The summed E-state index contributed by atoms with van der Waals surface area (Å²) < 4.78 is 5.06. The van der Waals surface area contributed by atoms with E-state index < -0.39 is 0 Å². The van der Waals surface area contributed by atoms with Gasteiger partial charge in [0, 0.05) is 12.1 Å². The molecule has 1 heterocycles. The molecular formula is C12H19NO3. The van der Waals surface area contributed by atoms with E-state index in [1.165, 1.54) is 6.26 Å². The second-order valence-electron chi connectivity index (χ2n) is 4.29. The van der Waals surface area contributed by atoms with Crippen LogP contribution >= 0.6 is 0 Å². The molecule has 4 nitrogen and oxygen atoms in total. The van der Waals surface area contributed by atoms with Gasteiger partial charge in [0.15, 0.2) is 5.76 Å². The molecule has 4 heteroatoms. The summed E-state index contributed by atoms with van der Waals surface area (Å²) in [5.74, 6) is 0.333. The Balaban J connectivity index is 2.34. The Kier molecular flexibility index (Phi) is 4.55. The highest BCUT2D eigenvalue weighted by Crippen LogP contribution is 2.08. The molecular weight excluding hydrogens is 206 g/mol. The van der Waals surface area contributed by atoms with Crippen molar-refractivity contribution in [3.63, 3.8) is 0 Å². The lowest BCUT2D eigenvalue weighted by atomic mass is 10.0. The van der Waals surface area contributed by atoms with Gasteiger partial charge in [-0.15, -0.1) is 0 Å². The van der Waals surface area contributed by atoms with Gasteiger partial charge in [0.05, 0.1) is 12.4 Å². The van der Waals surface area contributed by atoms with Crippen molar-refractivity contribution >= 4 is 5.91 Å². The zero-order valence-corrected chi connectivity index (χ0v) is 9.99. The van der Waals surface area contributed by atoms with E-state index >= 15 is 0 Å². The van der Waals surface area contributed by atoms with Crippen molar-refractivity contribution in [2.75, 3.05) is 6.54 Å². The second kappa shape index (κ2) is 5.70. The monoisotopic (exact) mass is 225 g/mol. The summed E-state index contributed by atoms with van der Waals surface area (Å²) in [5.41, 5.74) is 0.821. The average molecular weight is 225 g/mol. The molecule has 1 unspecified atom stereocenters. The zero-order chi connectivity index (χ0) is 12.1. The van der Waals surface area contributed by atoms with Crippen molar-refractivity contribution in [3.05, 3.63) is 23.7 Å². The van der Waals surface area contributed by atoms with Crippen LogP contribution in [0.25, 0.3) is 0 Å². The predicted molar refractivity (Wildman–Crippen MR) is 61.2 cm³/mol. The van der Waals surface area contributed by atoms with Crippen LogP contribution in [-0.2, 0) is 0 Å². The SMILES string of the molecule is Cc1ccoc1C(=O)NCCC(O)C(C)C. The summed E-state index contributed by atoms with van der Waals surface area (Å²) in [6.45, 7) is 6.17. The molecule has 0 radical (unpaired) electrons. The molecule has 0 spiro atoms. The molecule has 1 aromatic heterocycles. The first-order valence-electron chi connectivity index (χ1n) is 5.52. The van der Waals surface area contributed by atoms with Crippen molar-refractivity contribution < 1.29 is 14.3 Å².